The summed E-state index contributed by atoms with van der Waals surface area (Å²) >= 11 is 0. The molecule has 1 heterocycles. The van der Waals surface area contributed by atoms with Crippen molar-refractivity contribution in [3.05, 3.63) is 12.2 Å². The molecule has 0 saturated heterocycles. The second-order valence-corrected chi connectivity index (χ2v) is 5.29. The lowest BCUT2D eigenvalue weighted by Gasteiger charge is -2.29. The van der Waals surface area contributed by atoms with Gasteiger partial charge >= 0.3 is 0 Å². The Morgan fingerprint density at radius 1 is 1.35 bits per heavy atom. The third-order valence-corrected chi connectivity index (χ3v) is 3.60. The van der Waals surface area contributed by atoms with Crippen LogP contribution in [0.4, 0.5) is 0 Å². The van der Waals surface area contributed by atoms with Crippen molar-refractivity contribution in [2.45, 2.75) is 53.5 Å². The van der Waals surface area contributed by atoms with E-state index in [0.29, 0.717) is 5.92 Å². The molecule has 4 nitrogen and oxygen atoms in total. The molecule has 0 aromatic carbocycles. The number of aliphatic hydroxyl groups excluding tert-OH is 1. The van der Waals surface area contributed by atoms with Crippen molar-refractivity contribution < 1.29 is 5.11 Å². The van der Waals surface area contributed by atoms with Crippen LogP contribution < -0.4 is 0 Å². The topological polar surface area (TPSA) is 50.9 Å². The van der Waals surface area contributed by atoms with Gasteiger partial charge in [0, 0.05) is 25.0 Å². The summed E-state index contributed by atoms with van der Waals surface area (Å²) in [6, 6.07) is 0. The third-order valence-electron chi connectivity index (χ3n) is 3.60. The standard InChI is InChI=1S/C13H25N3O/c1-5-13(6-2,9-17)7-12-14-10-15-16(12)8-11(3)4/h10-11,17H,5-9H2,1-4H3. The Labute approximate surface area is 104 Å². The fourth-order valence-electron chi connectivity index (χ4n) is 2.04. The van der Waals surface area contributed by atoms with Crippen LogP contribution in [0.25, 0.3) is 0 Å². The number of aromatic nitrogens is 3. The smallest absolute Gasteiger partial charge is 0.138 e. The predicted molar refractivity (Wildman–Crippen MR) is 68.7 cm³/mol. The van der Waals surface area contributed by atoms with Crippen molar-refractivity contribution >= 4 is 0 Å². The minimum atomic E-state index is -0.0399. The van der Waals surface area contributed by atoms with E-state index in [1.54, 1.807) is 6.33 Å². The van der Waals surface area contributed by atoms with E-state index in [0.717, 1.165) is 31.6 Å². The van der Waals surface area contributed by atoms with Crippen molar-refractivity contribution in [1.82, 2.24) is 14.8 Å². The first-order valence-electron chi connectivity index (χ1n) is 6.54. The molecule has 4 heteroatoms. The van der Waals surface area contributed by atoms with Gasteiger partial charge < -0.3 is 5.11 Å². The molecule has 1 aromatic rings. The summed E-state index contributed by atoms with van der Waals surface area (Å²) in [6.45, 7) is 9.71. The van der Waals surface area contributed by atoms with Gasteiger partial charge in [-0.05, 0) is 18.8 Å². The first-order valence-corrected chi connectivity index (χ1v) is 6.54. The molecule has 98 valence electrons. The number of aliphatic hydroxyl groups is 1. The van der Waals surface area contributed by atoms with Crippen LogP contribution in [0.3, 0.4) is 0 Å². The molecule has 0 aliphatic heterocycles. The minimum absolute atomic E-state index is 0.0399. The Kier molecular flexibility index (Phi) is 5.12. The molecule has 1 N–H and O–H groups in total. The normalized spacial score (nSPS) is 12.4. The molecule has 0 saturated carbocycles. The van der Waals surface area contributed by atoms with E-state index in [4.69, 9.17) is 0 Å². The zero-order valence-corrected chi connectivity index (χ0v) is 11.5. The Morgan fingerprint density at radius 2 is 2.00 bits per heavy atom. The largest absolute Gasteiger partial charge is 0.396 e. The van der Waals surface area contributed by atoms with E-state index < -0.39 is 0 Å². The molecule has 0 radical (unpaired) electrons. The van der Waals surface area contributed by atoms with E-state index >= 15 is 0 Å². The van der Waals surface area contributed by atoms with E-state index in [1.807, 2.05) is 4.68 Å². The lowest BCUT2D eigenvalue weighted by atomic mass is 9.80. The molecular weight excluding hydrogens is 214 g/mol. The maximum absolute atomic E-state index is 9.59. The summed E-state index contributed by atoms with van der Waals surface area (Å²) in [7, 11) is 0. The highest BCUT2D eigenvalue weighted by molar-refractivity contribution is 4.93. The van der Waals surface area contributed by atoms with Gasteiger partial charge in [0.2, 0.25) is 0 Å². The summed E-state index contributed by atoms with van der Waals surface area (Å²) in [5, 5.41) is 13.9. The highest BCUT2D eigenvalue weighted by Crippen LogP contribution is 2.29. The van der Waals surface area contributed by atoms with Gasteiger partial charge in [-0.25, -0.2) is 9.67 Å². The second-order valence-electron chi connectivity index (χ2n) is 5.29. The number of rotatable bonds is 7. The van der Waals surface area contributed by atoms with Crippen LogP contribution in [-0.4, -0.2) is 26.5 Å². The molecule has 0 amide bonds. The Hall–Kier alpha value is -0.900. The molecule has 0 unspecified atom stereocenters. The summed E-state index contributed by atoms with van der Waals surface area (Å²) in [4.78, 5) is 4.34. The van der Waals surface area contributed by atoms with Gasteiger partial charge in [-0.1, -0.05) is 27.7 Å². The molecule has 0 aliphatic rings. The summed E-state index contributed by atoms with van der Waals surface area (Å²) in [6.07, 6.45) is 4.36. The third kappa shape index (κ3) is 3.53. The van der Waals surface area contributed by atoms with Gasteiger partial charge in [-0.15, -0.1) is 0 Å². The molecule has 1 rings (SSSR count). The molecule has 1 aromatic heterocycles. The number of hydrogen-bond acceptors (Lipinski definition) is 3. The van der Waals surface area contributed by atoms with E-state index in [-0.39, 0.29) is 12.0 Å². The predicted octanol–water partition coefficient (Wildman–Crippen LogP) is 2.28. The van der Waals surface area contributed by atoms with Crippen LogP contribution in [0.15, 0.2) is 6.33 Å². The average Bonchev–Trinajstić information content (AvgIpc) is 2.72. The van der Waals surface area contributed by atoms with Gasteiger partial charge in [0.05, 0.1) is 0 Å². The van der Waals surface area contributed by atoms with Crippen LogP contribution in [0, 0.1) is 11.3 Å². The molecular formula is C13H25N3O. The lowest BCUT2D eigenvalue weighted by molar-refractivity contribution is 0.111. The van der Waals surface area contributed by atoms with Crippen LogP contribution in [-0.2, 0) is 13.0 Å². The first-order chi connectivity index (χ1) is 8.06. The Balaban J connectivity index is 2.82. The van der Waals surface area contributed by atoms with Crippen molar-refractivity contribution in [3.8, 4) is 0 Å². The Morgan fingerprint density at radius 3 is 2.47 bits per heavy atom. The van der Waals surface area contributed by atoms with Gasteiger partial charge in [-0.3, -0.25) is 0 Å². The van der Waals surface area contributed by atoms with Crippen LogP contribution >= 0.6 is 0 Å². The lowest BCUT2D eigenvalue weighted by Crippen LogP contribution is -2.28. The fraction of sp³-hybridized carbons (Fsp3) is 0.846. The molecule has 0 aliphatic carbocycles. The molecule has 0 bridgehead atoms. The van der Waals surface area contributed by atoms with Gasteiger partial charge in [0.25, 0.3) is 0 Å². The average molecular weight is 239 g/mol. The Bertz CT molecular complexity index is 321. The first kappa shape index (κ1) is 14.2. The van der Waals surface area contributed by atoms with Crippen LogP contribution in [0.5, 0.6) is 0 Å². The molecule has 17 heavy (non-hydrogen) atoms. The van der Waals surface area contributed by atoms with E-state index in [2.05, 4.69) is 37.8 Å². The monoisotopic (exact) mass is 239 g/mol. The van der Waals surface area contributed by atoms with E-state index in [9.17, 15) is 5.11 Å². The highest BCUT2D eigenvalue weighted by Gasteiger charge is 2.27. The molecule has 0 atom stereocenters. The van der Waals surface area contributed by atoms with Crippen molar-refractivity contribution in [3.63, 3.8) is 0 Å². The van der Waals surface area contributed by atoms with Crippen LogP contribution in [0.2, 0.25) is 0 Å². The fourth-order valence-corrected chi connectivity index (χ4v) is 2.04. The molecule has 0 spiro atoms. The van der Waals surface area contributed by atoms with Crippen LogP contribution in [0.1, 0.15) is 46.4 Å². The van der Waals surface area contributed by atoms with Gasteiger partial charge in [0.15, 0.2) is 0 Å². The zero-order valence-electron chi connectivity index (χ0n) is 11.5. The summed E-state index contributed by atoms with van der Waals surface area (Å²) in [5.41, 5.74) is -0.0399. The second kappa shape index (κ2) is 6.15. The molecule has 0 fully saturated rings. The maximum Gasteiger partial charge on any atom is 0.138 e. The zero-order chi connectivity index (χ0) is 12.9. The SMILES string of the molecule is CCC(CC)(CO)Cc1ncnn1CC(C)C. The summed E-state index contributed by atoms with van der Waals surface area (Å²) in [5.74, 6) is 1.55. The van der Waals surface area contributed by atoms with E-state index in [1.165, 1.54) is 0 Å². The number of nitrogens with zero attached hydrogens (tertiary/aromatic N) is 3. The van der Waals surface area contributed by atoms with Gasteiger partial charge in [-0.2, -0.15) is 5.10 Å². The van der Waals surface area contributed by atoms with Crippen molar-refractivity contribution in [2.75, 3.05) is 6.61 Å². The van der Waals surface area contributed by atoms with Crippen molar-refractivity contribution in [1.29, 1.82) is 0 Å². The quantitative estimate of drug-likeness (QED) is 0.794. The van der Waals surface area contributed by atoms with Crippen molar-refractivity contribution in [2.24, 2.45) is 11.3 Å². The van der Waals surface area contributed by atoms with Gasteiger partial charge in [0.1, 0.15) is 12.2 Å². The number of hydrogen-bond donors (Lipinski definition) is 1. The maximum atomic E-state index is 9.59. The minimum Gasteiger partial charge on any atom is -0.396 e. The highest BCUT2D eigenvalue weighted by atomic mass is 16.3. The summed E-state index contributed by atoms with van der Waals surface area (Å²) < 4.78 is 1.97.